The molecule has 1 saturated heterocycles. The number of alkyl halides is 2. The van der Waals surface area contributed by atoms with Crippen molar-refractivity contribution in [1.29, 1.82) is 0 Å². The van der Waals surface area contributed by atoms with Gasteiger partial charge in [0.15, 0.2) is 0 Å². The maximum absolute atomic E-state index is 12.4. The number of hydrogen-bond acceptors (Lipinski definition) is 4. The first-order valence-corrected chi connectivity index (χ1v) is 7.56. The maximum Gasteiger partial charge on any atom is 0.288 e. The minimum atomic E-state index is -2.53. The van der Waals surface area contributed by atoms with Gasteiger partial charge in [-0.1, -0.05) is 23.9 Å². The van der Waals surface area contributed by atoms with Crippen molar-refractivity contribution < 1.29 is 23.0 Å². The van der Waals surface area contributed by atoms with Crippen LogP contribution in [0.25, 0.3) is 0 Å². The fourth-order valence-corrected chi connectivity index (χ4v) is 2.61. The minimum absolute atomic E-state index is 0.0551. The number of carbonyl (C=O) groups excluding carboxylic acids is 1. The van der Waals surface area contributed by atoms with Gasteiger partial charge < -0.3 is 14.8 Å². The van der Waals surface area contributed by atoms with E-state index in [1.165, 1.54) is 0 Å². The van der Waals surface area contributed by atoms with Gasteiger partial charge in [0.05, 0.1) is 18.4 Å². The number of benzene rings is 1. The molecule has 1 N–H and O–H groups in total. The van der Waals surface area contributed by atoms with Crippen molar-refractivity contribution in [3.05, 3.63) is 24.3 Å². The summed E-state index contributed by atoms with van der Waals surface area (Å²) < 4.78 is 35.5. The maximum atomic E-state index is 12.4. The van der Waals surface area contributed by atoms with Gasteiger partial charge in [-0.05, 0) is 25.0 Å². The van der Waals surface area contributed by atoms with E-state index in [1.54, 1.807) is 24.3 Å². The summed E-state index contributed by atoms with van der Waals surface area (Å²) in [7, 11) is 0. The molecule has 0 spiro atoms. The number of carbonyl (C=O) groups is 1. The first-order chi connectivity index (χ1) is 10.1. The van der Waals surface area contributed by atoms with E-state index in [1.807, 2.05) is 0 Å². The lowest BCUT2D eigenvalue weighted by Crippen LogP contribution is -2.22. The molecule has 1 fully saturated rings. The molecule has 0 bridgehead atoms. The zero-order chi connectivity index (χ0) is 15.1. The molecule has 2 rings (SSSR count). The van der Waals surface area contributed by atoms with Gasteiger partial charge in [-0.3, -0.25) is 4.79 Å². The Morgan fingerprint density at radius 3 is 3.00 bits per heavy atom. The van der Waals surface area contributed by atoms with Gasteiger partial charge >= 0.3 is 0 Å². The zero-order valence-electron chi connectivity index (χ0n) is 11.4. The Balaban J connectivity index is 1.78. The van der Waals surface area contributed by atoms with Crippen LogP contribution < -0.4 is 5.32 Å². The fraction of sp³-hybridized carbons (Fsp3) is 0.500. The van der Waals surface area contributed by atoms with Gasteiger partial charge in [-0.25, -0.2) is 0 Å². The van der Waals surface area contributed by atoms with Crippen LogP contribution in [0.15, 0.2) is 29.2 Å². The van der Waals surface area contributed by atoms with Crippen molar-refractivity contribution in [2.24, 2.45) is 0 Å². The Hall–Kier alpha value is -1.18. The van der Waals surface area contributed by atoms with E-state index in [9.17, 15) is 13.6 Å². The molecule has 1 atom stereocenters. The number of hydrogen-bond donors (Lipinski definition) is 1. The summed E-state index contributed by atoms with van der Waals surface area (Å²) in [6.45, 7) is 0.993. The van der Waals surface area contributed by atoms with Gasteiger partial charge in [-0.15, -0.1) is 0 Å². The van der Waals surface area contributed by atoms with Crippen LogP contribution in [0.5, 0.6) is 0 Å². The fourth-order valence-electron chi connectivity index (χ4n) is 2.01. The van der Waals surface area contributed by atoms with Gasteiger partial charge in [0.1, 0.15) is 6.61 Å². The van der Waals surface area contributed by atoms with E-state index < -0.39 is 5.76 Å². The van der Waals surface area contributed by atoms with E-state index in [0.29, 0.717) is 29.0 Å². The number of halogens is 2. The predicted octanol–water partition coefficient (Wildman–Crippen LogP) is 3.14. The predicted molar refractivity (Wildman–Crippen MR) is 76.7 cm³/mol. The second kappa shape index (κ2) is 8.31. The molecular weight excluding hydrogens is 300 g/mol. The topological polar surface area (TPSA) is 47.6 Å². The molecule has 0 aromatic heterocycles. The molecule has 1 aromatic rings. The van der Waals surface area contributed by atoms with Crippen LogP contribution in [-0.4, -0.2) is 37.6 Å². The lowest BCUT2D eigenvalue weighted by Gasteiger charge is -2.12. The van der Waals surface area contributed by atoms with Crippen LogP contribution in [-0.2, 0) is 14.3 Å². The van der Waals surface area contributed by atoms with Gasteiger partial charge in [0.25, 0.3) is 5.76 Å². The molecule has 1 aliphatic rings. The molecule has 7 heteroatoms. The standard InChI is InChI=1S/C14H17F2NO3S/c15-14(16)21-12-6-2-1-5-11(12)17-13(18)9-19-8-10-4-3-7-20-10/h1-2,5-6,10,14H,3-4,7-9H2,(H,17,18)/t10-/m1/s1. The van der Waals surface area contributed by atoms with Crippen molar-refractivity contribution in [1.82, 2.24) is 0 Å². The highest BCUT2D eigenvalue weighted by Gasteiger charge is 2.16. The number of nitrogens with one attached hydrogen (secondary N) is 1. The number of ether oxygens (including phenoxy) is 2. The van der Waals surface area contributed by atoms with Crippen molar-refractivity contribution in [2.75, 3.05) is 25.1 Å². The number of amides is 1. The second-order valence-electron chi connectivity index (χ2n) is 4.57. The third-order valence-corrected chi connectivity index (χ3v) is 3.73. The summed E-state index contributed by atoms with van der Waals surface area (Å²) in [6, 6.07) is 6.45. The summed E-state index contributed by atoms with van der Waals surface area (Å²) in [5.74, 6) is -2.89. The summed E-state index contributed by atoms with van der Waals surface area (Å²) in [4.78, 5) is 12.1. The van der Waals surface area contributed by atoms with E-state index in [4.69, 9.17) is 9.47 Å². The Morgan fingerprint density at radius 2 is 2.29 bits per heavy atom. The quantitative estimate of drug-likeness (QED) is 0.785. The molecule has 0 aliphatic carbocycles. The summed E-state index contributed by atoms with van der Waals surface area (Å²) >= 11 is 0.402. The zero-order valence-corrected chi connectivity index (χ0v) is 12.2. The lowest BCUT2D eigenvalue weighted by molar-refractivity contribution is -0.121. The van der Waals surface area contributed by atoms with Gasteiger partial charge in [0, 0.05) is 11.5 Å². The van der Waals surface area contributed by atoms with E-state index in [-0.39, 0.29) is 18.6 Å². The minimum Gasteiger partial charge on any atom is -0.376 e. The highest BCUT2D eigenvalue weighted by molar-refractivity contribution is 7.99. The van der Waals surface area contributed by atoms with Crippen molar-refractivity contribution in [2.45, 2.75) is 29.6 Å². The largest absolute Gasteiger partial charge is 0.376 e. The van der Waals surface area contributed by atoms with E-state index in [2.05, 4.69) is 5.32 Å². The Labute approximate surface area is 126 Å². The molecule has 1 aliphatic heterocycles. The van der Waals surface area contributed by atoms with Gasteiger partial charge in [0.2, 0.25) is 5.91 Å². The number of anilines is 1. The Kier molecular flexibility index (Phi) is 6.41. The van der Waals surface area contributed by atoms with Crippen LogP contribution in [0.1, 0.15) is 12.8 Å². The molecule has 1 amide bonds. The third-order valence-electron chi connectivity index (χ3n) is 2.94. The SMILES string of the molecule is O=C(COC[C@H]1CCCO1)Nc1ccccc1SC(F)F. The second-order valence-corrected chi connectivity index (χ2v) is 5.60. The first-order valence-electron chi connectivity index (χ1n) is 6.68. The first kappa shape index (κ1) is 16.2. The van der Waals surface area contributed by atoms with Gasteiger partial charge in [-0.2, -0.15) is 8.78 Å². The molecule has 21 heavy (non-hydrogen) atoms. The van der Waals surface area contributed by atoms with E-state index >= 15 is 0 Å². The summed E-state index contributed by atoms with van der Waals surface area (Å²) in [5.41, 5.74) is 0.369. The number of thioether (sulfide) groups is 1. The molecule has 4 nitrogen and oxygen atoms in total. The molecule has 1 heterocycles. The summed E-state index contributed by atoms with van der Waals surface area (Å²) in [6.07, 6.45) is 2.01. The molecule has 0 saturated carbocycles. The van der Waals surface area contributed by atoms with Crippen molar-refractivity contribution >= 4 is 23.4 Å². The van der Waals surface area contributed by atoms with Crippen molar-refractivity contribution in [3.8, 4) is 0 Å². The highest BCUT2D eigenvalue weighted by atomic mass is 32.2. The Morgan fingerprint density at radius 1 is 1.48 bits per heavy atom. The molecule has 0 unspecified atom stereocenters. The normalized spacial score (nSPS) is 18.1. The Bertz CT molecular complexity index is 467. The average molecular weight is 317 g/mol. The lowest BCUT2D eigenvalue weighted by atomic mass is 10.2. The highest BCUT2D eigenvalue weighted by Crippen LogP contribution is 2.31. The monoisotopic (exact) mass is 317 g/mol. The van der Waals surface area contributed by atoms with Crippen LogP contribution >= 0.6 is 11.8 Å². The molecule has 0 radical (unpaired) electrons. The van der Waals surface area contributed by atoms with Crippen LogP contribution in [0.4, 0.5) is 14.5 Å². The smallest absolute Gasteiger partial charge is 0.288 e. The number of rotatable bonds is 7. The molecule has 116 valence electrons. The average Bonchev–Trinajstić information content (AvgIpc) is 2.93. The van der Waals surface area contributed by atoms with Crippen LogP contribution in [0.3, 0.4) is 0 Å². The van der Waals surface area contributed by atoms with E-state index in [0.717, 1.165) is 19.4 Å². The third kappa shape index (κ3) is 5.61. The molecular formula is C14H17F2NO3S. The molecule has 1 aromatic carbocycles. The summed E-state index contributed by atoms with van der Waals surface area (Å²) in [5, 5.41) is 2.58. The van der Waals surface area contributed by atoms with Crippen LogP contribution in [0, 0.1) is 0 Å². The van der Waals surface area contributed by atoms with Crippen molar-refractivity contribution in [3.63, 3.8) is 0 Å². The van der Waals surface area contributed by atoms with Crippen LogP contribution in [0.2, 0.25) is 0 Å². The number of para-hydroxylation sites is 1.